The molecule has 0 radical (unpaired) electrons. The number of hydrogen-bond acceptors (Lipinski definition) is 8. The molecule has 0 saturated carbocycles. The van der Waals surface area contributed by atoms with E-state index in [0.29, 0.717) is 60.7 Å². The van der Waals surface area contributed by atoms with Crippen LogP contribution >= 0.6 is 11.6 Å². The first-order valence-electron chi connectivity index (χ1n) is 14.8. The Morgan fingerprint density at radius 1 is 1.12 bits per heavy atom. The maximum atomic E-state index is 12.4. The number of carbonyl (C=O) groups excluding carboxylic acids is 1. The Kier molecular flexibility index (Phi) is 7.89. The fourth-order valence-corrected chi connectivity index (χ4v) is 7.01. The molecule has 6 rings (SSSR count). The molecule has 4 atom stereocenters. The number of ether oxygens (including phenoxy) is 2. The molecular weight excluding hydrogens is 552 g/mol. The molecule has 2 saturated heterocycles. The SMILES string of the molecule is C=CC(=O)N1CCN(c2nc(OC[C@@H]3CCCN3C)nc3c2O[C@@H](C)C(c2cccc4cccc(Cl)c24)N3C)C[C@H]1C. The first-order chi connectivity index (χ1) is 20.3. The van der Waals surface area contributed by atoms with Crippen LogP contribution in [0.25, 0.3) is 10.8 Å². The lowest BCUT2D eigenvalue weighted by molar-refractivity contribution is -0.128. The lowest BCUT2D eigenvalue weighted by atomic mass is 9.93. The lowest BCUT2D eigenvalue weighted by Crippen LogP contribution is -2.54. The molecule has 2 aromatic carbocycles. The summed E-state index contributed by atoms with van der Waals surface area (Å²) in [5.74, 6) is 1.95. The van der Waals surface area contributed by atoms with Crippen molar-refractivity contribution in [3.63, 3.8) is 0 Å². The third kappa shape index (κ3) is 5.13. The highest BCUT2D eigenvalue weighted by Gasteiger charge is 2.39. The van der Waals surface area contributed by atoms with E-state index in [1.54, 1.807) is 0 Å². The van der Waals surface area contributed by atoms with Crippen molar-refractivity contribution in [2.75, 3.05) is 56.7 Å². The van der Waals surface area contributed by atoms with Crippen LogP contribution in [0.2, 0.25) is 5.02 Å². The third-order valence-electron chi connectivity index (χ3n) is 8.97. The molecule has 3 aliphatic heterocycles. The van der Waals surface area contributed by atoms with Crippen molar-refractivity contribution in [3.05, 3.63) is 59.6 Å². The molecular formula is C32H39ClN6O3. The van der Waals surface area contributed by atoms with Crippen LogP contribution in [0.1, 0.15) is 38.3 Å². The molecule has 0 aliphatic carbocycles. The van der Waals surface area contributed by atoms with Gasteiger partial charge in [-0.1, -0.05) is 48.5 Å². The van der Waals surface area contributed by atoms with Crippen LogP contribution in [0, 0.1) is 0 Å². The molecule has 1 aromatic heterocycles. The standard InChI is InChI=1S/C32H39ClN6O3/c1-6-26(40)39-17-16-38(18-20(39)2)31-29-30(34-32(35-31)41-19-23-12-9-15-36(23)4)37(5)28(21(3)42-29)24-13-7-10-22-11-8-14-25(33)27(22)24/h6-8,10-11,13-14,20-21,23,28H,1,9,12,15-19H2,2-5H3/t20-,21+,23+,28?/m1/s1. The van der Waals surface area contributed by atoms with E-state index in [0.717, 1.165) is 35.7 Å². The van der Waals surface area contributed by atoms with Gasteiger partial charge in [0.1, 0.15) is 12.7 Å². The Labute approximate surface area is 252 Å². The van der Waals surface area contributed by atoms with Crippen LogP contribution < -0.4 is 19.3 Å². The number of fused-ring (bicyclic) bond motifs is 2. The summed E-state index contributed by atoms with van der Waals surface area (Å²) >= 11 is 6.75. The van der Waals surface area contributed by atoms with Gasteiger partial charge in [-0.2, -0.15) is 9.97 Å². The molecule has 0 bridgehead atoms. The first-order valence-corrected chi connectivity index (χ1v) is 15.1. The van der Waals surface area contributed by atoms with Gasteiger partial charge in [-0.25, -0.2) is 0 Å². The second-order valence-electron chi connectivity index (χ2n) is 11.7. The minimum absolute atomic E-state index is 0.0179. The Hall–Kier alpha value is -3.56. The molecule has 42 heavy (non-hydrogen) atoms. The number of hydrogen-bond donors (Lipinski definition) is 0. The molecule has 10 heteroatoms. The van der Waals surface area contributed by atoms with Gasteiger partial charge in [-0.05, 0) is 63.4 Å². The van der Waals surface area contributed by atoms with E-state index in [9.17, 15) is 4.79 Å². The van der Waals surface area contributed by atoms with E-state index in [1.807, 2.05) is 31.0 Å². The Bertz CT molecular complexity index is 1500. The number of amides is 1. The van der Waals surface area contributed by atoms with Gasteiger partial charge in [0.25, 0.3) is 0 Å². The predicted molar refractivity (Wildman–Crippen MR) is 167 cm³/mol. The number of carbonyl (C=O) groups is 1. The van der Waals surface area contributed by atoms with Gasteiger partial charge in [0, 0.05) is 49.2 Å². The van der Waals surface area contributed by atoms with Gasteiger partial charge in [-0.15, -0.1) is 0 Å². The summed E-state index contributed by atoms with van der Waals surface area (Å²) in [5, 5.41) is 2.81. The fraction of sp³-hybridized carbons (Fsp3) is 0.469. The molecule has 3 aromatic rings. The van der Waals surface area contributed by atoms with Crippen LogP contribution in [-0.2, 0) is 4.79 Å². The van der Waals surface area contributed by atoms with Gasteiger partial charge in [0.15, 0.2) is 11.6 Å². The van der Waals surface area contributed by atoms with Crippen molar-refractivity contribution in [1.29, 1.82) is 0 Å². The number of likely N-dealkylation sites (tertiary alicyclic amines) is 1. The van der Waals surface area contributed by atoms with Crippen LogP contribution in [0.4, 0.5) is 11.6 Å². The summed E-state index contributed by atoms with van der Waals surface area (Å²) in [6.45, 7) is 11.2. The van der Waals surface area contributed by atoms with Crippen molar-refractivity contribution < 1.29 is 14.3 Å². The number of aromatic nitrogens is 2. The zero-order valence-electron chi connectivity index (χ0n) is 24.8. The average Bonchev–Trinajstić information content (AvgIpc) is 3.40. The van der Waals surface area contributed by atoms with Crippen molar-refractivity contribution in [2.24, 2.45) is 0 Å². The maximum absolute atomic E-state index is 12.4. The maximum Gasteiger partial charge on any atom is 0.320 e. The molecule has 2 fully saturated rings. The van der Waals surface area contributed by atoms with Crippen molar-refractivity contribution in [2.45, 2.75) is 50.9 Å². The van der Waals surface area contributed by atoms with Crippen molar-refractivity contribution >= 4 is 39.9 Å². The monoisotopic (exact) mass is 590 g/mol. The molecule has 9 nitrogen and oxygen atoms in total. The van der Waals surface area contributed by atoms with E-state index < -0.39 is 0 Å². The minimum Gasteiger partial charge on any atom is -0.481 e. The summed E-state index contributed by atoms with van der Waals surface area (Å²) in [6, 6.07) is 12.8. The number of anilines is 2. The molecule has 1 unspecified atom stereocenters. The molecule has 4 heterocycles. The van der Waals surface area contributed by atoms with Gasteiger partial charge < -0.3 is 29.1 Å². The molecule has 1 amide bonds. The zero-order chi connectivity index (χ0) is 29.5. The van der Waals surface area contributed by atoms with Crippen LogP contribution in [0.3, 0.4) is 0 Å². The second kappa shape index (κ2) is 11.6. The van der Waals surface area contributed by atoms with E-state index in [4.69, 9.17) is 31.0 Å². The largest absolute Gasteiger partial charge is 0.481 e. The summed E-state index contributed by atoms with van der Waals surface area (Å²) in [6.07, 6.45) is 3.42. The number of rotatable bonds is 6. The Balaban J connectivity index is 1.39. The minimum atomic E-state index is -0.216. The highest BCUT2D eigenvalue weighted by Crippen LogP contribution is 2.47. The number of benzene rings is 2. The quantitative estimate of drug-likeness (QED) is 0.374. The van der Waals surface area contributed by atoms with Crippen LogP contribution in [0.15, 0.2) is 49.1 Å². The van der Waals surface area contributed by atoms with Crippen molar-refractivity contribution in [3.8, 4) is 11.8 Å². The summed E-state index contributed by atoms with van der Waals surface area (Å²) < 4.78 is 13.0. The molecule has 3 aliphatic rings. The smallest absolute Gasteiger partial charge is 0.320 e. The topological polar surface area (TPSA) is 74.3 Å². The molecule has 222 valence electrons. The van der Waals surface area contributed by atoms with Crippen molar-refractivity contribution in [1.82, 2.24) is 19.8 Å². The Morgan fingerprint density at radius 3 is 2.60 bits per heavy atom. The highest BCUT2D eigenvalue weighted by atomic mass is 35.5. The Morgan fingerprint density at radius 2 is 1.88 bits per heavy atom. The number of likely N-dealkylation sites (N-methyl/N-ethyl adjacent to an activating group) is 2. The lowest BCUT2D eigenvalue weighted by Gasteiger charge is -2.43. The van der Waals surface area contributed by atoms with Gasteiger partial charge >= 0.3 is 6.01 Å². The number of piperazine rings is 1. The zero-order valence-corrected chi connectivity index (χ0v) is 25.5. The van der Waals surface area contributed by atoms with E-state index in [1.165, 1.54) is 6.08 Å². The summed E-state index contributed by atoms with van der Waals surface area (Å²) in [5.41, 5.74) is 1.08. The second-order valence-corrected chi connectivity index (χ2v) is 12.1. The molecule has 0 spiro atoms. The highest BCUT2D eigenvalue weighted by molar-refractivity contribution is 6.35. The van der Waals surface area contributed by atoms with Gasteiger partial charge in [0.05, 0.1) is 6.04 Å². The summed E-state index contributed by atoms with van der Waals surface area (Å²) in [4.78, 5) is 30.8. The van der Waals surface area contributed by atoms with E-state index >= 15 is 0 Å². The first kappa shape index (κ1) is 28.6. The fourth-order valence-electron chi connectivity index (χ4n) is 6.71. The normalized spacial score (nSPS) is 24.5. The predicted octanol–water partition coefficient (Wildman–Crippen LogP) is 4.94. The van der Waals surface area contributed by atoms with Gasteiger partial charge in [-0.3, -0.25) is 4.79 Å². The van der Waals surface area contributed by atoms with E-state index in [-0.39, 0.29) is 24.1 Å². The van der Waals surface area contributed by atoms with Crippen LogP contribution in [-0.4, -0.2) is 90.7 Å². The number of halogens is 1. The van der Waals surface area contributed by atoms with Gasteiger partial charge in [0.2, 0.25) is 11.7 Å². The summed E-state index contributed by atoms with van der Waals surface area (Å²) in [7, 11) is 4.18. The average molecular weight is 591 g/mol. The molecule has 0 N–H and O–H groups in total. The third-order valence-corrected chi connectivity index (χ3v) is 9.29. The van der Waals surface area contributed by atoms with Crippen LogP contribution in [0.5, 0.6) is 11.8 Å². The number of nitrogens with zero attached hydrogens (tertiary/aromatic N) is 6. The van der Waals surface area contributed by atoms with E-state index in [2.05, 4.69) is 59.5 Å².